The highest BCUT2D eigenvalue weighted by atomic mass is 79.9. The van der Waals surface area contributed by atoms with Crippen LogP contribution in [0, 0.1) is 0 Å². The summed E-state index contributed by atoms with van der Waals surface area (Å²) in [5.41, 5.74) is 1.65. The number of hydrogen-bond acceptors (Lipinski definition) is 3. The monoisotopic (exact) mass is 348 g/mol. The van der Waals surface area contributed by atoms with Crippen molar-refractivity contribution in [2.24, 2.45) is 0 Å². The van der Waals surface area contributed by atoms with Crippen molar-refractivity contribution in [1.29, 1.82) is 0 Å². The molecule has 0 aliphatic rings. The summed E-state index contributed by atoms with van der Waals surface area (Å²) in [7, 11) is 0. The highest BCUT2D eigenvalue weighted by molar-refractivity contribution is 9.10. The Balaban J connectivity index is 2.43. The van der Waals surface area contributed by atoms with Crippen molar-refractivity contribution in [3.8, 4) is 5.69 Å². The van der Waals surface area contributed by atoms with E-state index >= 15 is 0 Å². The van der Waals surface area contributed by atoms with E-state index in [9.17, 15) is 0 Å². The Morgan fingerprint density at radius 3 is 2.83 bits per heavy atom. The van der Waals surface area contributed by atoms with E-state index in [0.717, 1.165) is 22.4 Å². The normalized spacial score (nSPS) is 10.9. The fourth-order valence-corrected chi connectivity index (χ4v) is 2.36. The second-order valence-corrected chi connectivity index (χ2v) is 5.22. The van der Waals surface area contributed by atoms with Crippen LogP contribution in [0.1, 0.15) is 12.6 Å². The molecule has 0 atom stereocenters. The maximum Gasteiger partial charge on any atom is 0.0869 e. The van der Waals surface area contributed by atoms with E-state index < -0.39 is 0 Å². The molecule has 2 aromatic rings. The van der Waals surface area contributed by atoms with E-state index in [1.165, 1.54) is 0 Å². The Morgan fingerprint density at radius 1 is 1.33 bits per heavy atom. The molecule has 0 fully saturated rings. The molecule has 0 aliphatic heterocycles. The van der Waals surface area contributed by atoms with Crippen molar-refractivity contribution in [3.63, 3.8) is 0 Å². The van der Waals surface area contributed by atoms with Crippen LogP contribution in [0.3, 0.4) is 0 Å². The molecule has 0 saturated carbocycles. The fourth-order valence-electron chi connectivity index (χ4n) is 1.51. The first kappa shape index (κ1) is 13.8. The molecule has 0 saturated heterocycles. The first-order valence-electron chi connectivity index (χ1n) is 5.39. The van der Waals surface area contributed by atoms with Crippen molar-refractivity contribution in [2.45, 2.75) is 13.5 Å². The summed E-state index contributed by atoms with van der Waals surface area (Å²) in [5, 5.41) is 12.1. The van der Waals surface area contributed by atoms with Gasteiger partial charge in [-0.25, -0.2) is 4.68 Å². The van der Waals surface area contributed by atoms with Crippen LogP contribution < -0.4 is 5.32 Å². The Bertz CT molecular complexity index is 556. The van der Waals surface area contributed by atoms with Gasteiger partial charge in [-0.1, -0.05) is 35.3 Å². The van der Waals surface area contributed by atoms with Crippen molar-refractivity contribution >= 4 is 39.1 Å². The van der Waals surface area contributed by atoms with Gasteiger partial charge in [0, 0.05) is 11.0 Å². The summed E-state index contributed by atoms with van der Waals surface area (Å²) in [6.07, 6.45) is 1.70. The average Bonchev–Trinajstić information content (AvgIpc) is 2.82. The minimum atomic E-state index is 0.453. The predicted molar refractivity (Wildman–Crippen MR) is 76.5 cm³/mol. The highest BCUT2D eigenvalue weighted by Crippen LogP contribution is 2.34. The zero-order valence-corrected chi connectivity index (χ0v) is 12.7. The van der Waals surface area contributed by atoms with Crippen LogP contribution in [0.15, 0.2) is 22.8 Å². The third kappa shape index (κ3) is 2.69. The van der Waals surface area contributed by atoms with E-state index in [1.54, 1.807) is 10.9 Å². The van der Waals surface area contributed by atoms with Gasteiger partial charge in [0.15, 0.2) is 0 Å². The lowest BCUT2D eigenvalue weighted by Crippen LogP contribution is -2.15. The molecular weight excluding hydrogens is 339 g/mol. The summed E-state index contributed by atoms with van der Waals surface area (Å²) in [6.45, 7) is 3.59. The summed E-state index contributed by atoms with van der Waals surface area (Å²) in [4.78, 5) is 0. The lowest BCUT2D eigenvalue weighted by Gasteiger charge is -2.10. The van der Waals surface area contributed by atoms with Gasteiger partial charge in [-0.15, -0.1) is 5.10 Å². The first-order chi connectivity index (χ1) is 8.65. The molecule has 1 heterocycles. The Hall–Kier alpha value is -0.620. The summed E-state index contributed by atoms with van der Waals surface area (Å²) in [6, 6.07) is 3.69. The molecule has 4 nitrogen and oxygen atoms in total. The lowest BCUT2D eigenvalue weighted by atomic mass is 10.3. The smallest absolute Gasteiger partial charge is 0.0869 e. The number of rotatable bonds is 4. The minimum absolute atomic E-state index is 0.453. The van der Waals surface area contributed by atoms with Crippen molar-refractivity contribution in [2.75, 3.05) is 6.54 Å². The molecule has 1 aromatic carbocycles. The SMILES string of the molecule is CCNCc1cnnn1-c1ccc(Br)c(Cl)c1Cl. The molecule has 2 rings (SSSR count). The molecule has 1 aromatic heterocycles. The molecule has 0 amide bonds. The lowest BCUT2D eigenvalue weighted by molar-refractivity contribution is 0.672. The number of aromatic nitrogens is 3. The average molecular weight is 350 g/mol. The van der Waals surface area contributed by atoms with E-state index in [-0.39, 0.29) is 0 Å². The standard InChI is InChI=1S/C11H11BrCl2N4/c1-2-15-5-7-6-16-17-18(7)9-4-3-8(12)10(13)11(9)14/h3-4,6,15H,2,5H2,1H3. The molecular formula is C11H11BrCl2N4. The second-order valence-electron chi connectivity index (χ2n) is 3.61. The fraction of sp³-hybridized carbons (Fsp3) is 0.273. The number of nitrogens with one attached hydrogen (secondary N) is 1. The summed E-state index contributed by atoms with van der Waals surface area (Å²) in [5.74, 6) is 0. The van der Waals surface area contributed by atoms with Gasteiger partial charge in [0.2, 0.25) is 0 Å². The van der Waals surface area contributed by atoms with Crippen molar-refractivity contribution in [3.05, 3.63) is 38.5 Å². The van der Waals surface area contributed by atoms with Gasteiger partial charge in [0.1, 0.15) is 0 Å². The van der Waals surface area contributed by atoms with E-state index in [0.29, 0.717) is 16.6 Å². The largest absolute Gasteiger partial charge is 0.311 e. The van der Waals surface area contributed by atoms with Crippen LogP contribution in [0.2, 0.25) is 10.0 Å². The van der Waals surface area contributed by atoms with Crippen LogP contribution in [0.25, 0.3) is 5.69 Å². The number of benzene rings is 1. The maximum atomic E-state index is 6.22. The van der Waals surface area contributed by atoms with Gasteiger partial charge in [0.25, 0.3) is 0 Å². The Morgan fingerprint density at radius 2 is 2.11 bits per heavy atom. The van der Waals surface area contributed by atoms with Gasteiger partial charge >= 0.3 is 0 Å². The van der Waals surface area contributed by atoms with Gasteiger partial charge in [-0.3, -0.25) is 0 Å². The van der Waals surface area contributed by atoms with E-state index in [1.807, 2.05) is 19.1 Å². The molecule has 0 spiro atoms. The molecule has 0 bridgehead atoms. The van der Waals surface area contributed by atoms with Crippen molar-refractivity contribution in [1.82, 2.24) is 20.3 Å². The third-order valence-electron chi connectivity index (χ3n) is 2.42. The van der Waals surface area contributed by atoms with E-state index in [4.69, 9.17) is 23.2 Å². The summed E-state index contributed by atoms with van der Waals surface area (Å²) < 4.78 is 2.44. The number of nitrogens with zero attached hydrogens (tertiary/aromatic N) is 3. The molecule has 18 heavy (non-hydrogen) atoms. The molecule has 0 unspecified atom stereocenters. The Kier molecular flexibility index (Phi) is 4.61. The van der Waals surface area contributed by atoms with Gasteiger partial charge in [-0.05, 0) is 34.6 Å². The maximum absolute atomic E-state index is 6.22. The van der Waals surface area contributed by atoms with Gasteiger partial charge in [0.05, 0.1) is 27.6 Å². The highest BCUT2D eigenvalue weighted by Gasteiger charge is 2.13. The Labute approximate surface area is 123 Å². The molecule has 1 N–H and O–H groups in total. The molecule has 0 aliphatic carbocycles. The first-order valence-corrected chi connectivity index (χ1v) is 6.94. The molecule has 96 valence electrons. The van der Waals surface area contributed by atoms with Gasteiger partial charge < -0.3 is 5.32 Å². The summed E-state index contributed by atoms with van der Waals surface area (Å²) >= 11 is 15.7. The number of halogens is 3. The zero-order chi connectivity index (χ0) is 13.1. The molecule has 7 heteroatoms. The molecule has 0 radical (unpaired) electrons. The minimum Gasteiger partial charge on any atom is -0.311 e. The quantitative estimate of drug-likeness (QED) is 0.859. The zero-order valence-electron chi connectivity index (χ0n) is 9.62. The van der Waals surface area contributed by atoms with Gasteiger partial charge in [-0.2, -0.15) is 0 Å². The van der Waals surface area contributed by atoms with Crippen LogP contribution in [-0.4, -0.2) is 21.5 Å². The van der Waals surface area contributed by atoms with Crippen LogP contribution >= 0.6 is 39.1 Å². The van der Waals surface area contributed by atoms with Crippen molar-refractivity contribution < 1.29 is 0 Å². The van der Waals surface area contributed by atoms with Crippen LogP contribution in [-0.2, 0) is 6.54 Å². The van der Waals surface area contributed by atoms with Crippen LogP contribution in [0.4, 0.5) is 0 Å². The number of hydrogen-bond donors (Lipinski definition) is 1. The van der Waals surface area contributed by atoms with E-state index in [2.05, 4.69) is 31.6 Å². The second kappa shape index (κ2) is 6.02. The third-order valence-corrected chi connectivity index (χ3v) is 4.18. The topological polar surface area (TPSA) is 42.7 Å². The van der Waals surface area contributed by atoms with Crippen LogP contribution in [0.5, 0.6) is 0 Å². The predicted octanol–water partition coefficient (Wildman–Crippen LogP) is 3.45.